The molecule has 0 aliphatic rings. The van der Waals surface area contributed by atoms with Crippen molar-refractivity contribution >= 4 is 31.4 Å². The van der Waals surface area contributed by atoms with Gasteiger partial charge in [-0.2, -0.15) is 0 Å². The van der Waals surface area contributed by atoms with E-state index in [9.17, 15) is 9.59 Å². The van der Waals surface area contributed by atoms with Gasteiger partial charge in [0.1, 0.15) is 0 Å². The summed E-state index contributed by atoms with van der Waals surface area (Å²) in [6.45, 7) is 10.0. The van der Waals surface area contributed by atoms with Crippen LogP contribution in [0.5, 0.6) is 0 Å². The first kappa shape index (κ1) is 24.8. The van der Waals surface area contributed by atoms with Gasteiger partial charge in [0.25, 0.3) is 0 Å². The van der Waals surface area contributed by atoms with Crippen LogP contribution in [0.1, 0.15) is 41.0 Å². The van der Waals surface area contributed by atoms with Crippen LogP contribution < -0.4 is 10.4 Å². The van der Waals surface area contributed by atoms with Crippen LogP contribution in [0.25, 0.3) is 0 Å². The van der Waals surface area contributed by atoms with Crippen LogP contribution >= 0.6 is 0 Å². The highest BCUT2D eigenvalue weighted by Gasteiger charge is 2.41. The molecule has 6 heteroatoms. The van der Waals surface area contributed by atoms with E-state index in [1.165, 1.54) is 0 Å². The monoisotopic (exact) mass is 442 g/mol. The van der Waals surface area contributed by atoms with E-state index < -0.39 is 33.0 Å². The molecule has 0 fully saturated rings. The molecule has 0 radical (unpaired) electrons. The molecule has 0 saturated carbocycles. The van der Waals surface area contributed by atoms with Crippen LogP contribution in [0.2, 0.25) is 0 Å². The fourth-order valence-corrected chi connectivity index (χ4v) is 5.94. The summed E-state index contributed by atoms with van der Waals surface area (Å²) in [4.78, 5) is 25.7. The maximum absolute atomic E-state index is 12.9. The van der Waals surface area contributed by atoms with Crippen LogP contribution in [0.4, 0.5) is 0 Å². The third kappa shape index (κ3) is 7.63. The van der Waals surface area contributed by atoms with Gasteiger partial charge in [-0.3, -0.25) is 9.59 Å². The second-order valence-corrected chi connectivity index (χ2v) is 11.0. The Kier molecular flexibility index (Phi) is 9.46. The predicted molar refractivity (Wildman–Crippen MR) is 125 cm³/mol. The lowest BCUT2D eigenvalue weighted by Gasteiger charge is -2.33. The molecule has 5 nitrogen and oxygen atoms in total. The largest absolute Gasteiger partial charge is 0.465 e. The third-order valence-corrected chi connectivity index (χ3v) is 7.38. The van der Waals surface area contributed by atoms with Gasteiger partial charge >= 0.3 is 11.9 Å². The zero-order chi connectivity index (χ0) is 22.9. The minimum absolute atomic E-state index is 0.172. The lowest BCUT2D eigenvalue weighted by atomic mass is 9.84. The molecule has 0 aliphatic carbocycles. The van der Waals surface area contributed by atoms with Gasteiger partial charge in [-0.05, 0) is 36.1 Å². The fourth-order valence-electron chi connectivity index (χ4n) is 3.49. The predicted octanol–water partition coefficient (Wildman–Crippen LogP) is 3.09. The van der Waals surface area contributed by atoms with Gasteiger partial charge in [0.05, 0.1) is 19.3 Å². The fraction of sp³-hybridized carbons (Fsp3) is 0.440. The summed E-state index contributed by atoms with van der Waals surface area (Å²) in [6.07, 6.45) is -0.145. The van der Waals surface area contributed by atoms with Crippen LogP contribution in [0, 0.1) is 11.3 Å². The Morgan fingerprint density at radius 1 is 0.806 bits per heavy atom. The Bertz CT molecular complexity index is 759. The molecule has 0 aromatic heterocycles. The van der Waals surface area contributed by atoms with E-state index in [4.69, 9.17) is 13.9 Å². The molecule has 0 heterocycles. The maximum Gasteiger partial charge on any atom is 0.322 e. The molecule has 31 heavy (non-hydrogen) atoms. The molecule has 2 aromatic carbocycles. The van der Waals surface area contributed by atoms with Crippen LogP contribution in [0.15, 0.2) is 60.7 Å². The number of hydrogen-bond acceptors (Lipinski definition) is 5. The summed E-state index contributed by atoms with van der Waals surface area (Å²) in [5, 5.41) is 2.16. The van der Waals surface area contributed by atoms with Crippen molar-refractivity contribution in [2.45, 2.75) is 47.1 Å². The number of carbonyl (C=O) groups is 2. The number of rotatable bonds is 10. The smallest absolute Gasteiger partial charge is 0.322 e. The number of benzene rings is 2. The molecule has 0 amide bonds. The minimum Gasteiger partial charge on any atom is -0.465 e. The SMILES string of the molecule is CCOC(=O)C(C(=O)OCC)C(CC(C)(C)C)O[SiH](c1ccccc1)c1ccccc1. The van der Waals surface area contributed by atoms with Gasteiger partial charge in [-0.1, -0.05) is 81.4 Å². The second-order valence-electron chi connectivity index (χ2n) is 8.62. The van der Waals surface area contributed by atoms with Gasteiger partial charge in [0.2, 0.25) is 9.04 Å². The standard InChI is InChI=1S/C25H34O5Si/c1-6-28-23(26)22(24(27)29-7-2)21(18-25(3,4)5)30-31(19-14-10-8-11-15-19)20-16-12-9-13-17-20/h8-17,21-22,31H,6-7,18H2,1-5H3. The first-order valence-electron chi connectivity index (χ1n) is 10.9. The molecular formula is C25H34O5Si. The van der Waals surface area contributed by atoms with Crippen molar-refractivity contribution < 1.29 is 23.5 Å². The van der Waals surface area contributed by atoms with E-state index in [0.717, 1.165) is 10.4 Å². The van der Waals surface area contributed by atoms with E-state index in [1.807, 2.05) is 60.7 Å². The molecule has 0 spiro atoms. The Hall–Kier alpha value is -2.44. The van der Waals surface area contributed by atoms with Gasteiger partial charge in [0, 0.05) is 0 Å². The van der Waals surface area contributed by atoms with Crippen LogP contribution in [-0.4, -0.2) is 40.3 Å². The van der Waals surface area contributed by atoms with Crippen molar-refractivity contribution in [3.05, 3.63) is 60.7 Å². The molecule has 168 valence electrons. The highest BCUT2D eigenvalue weighted by Crippen LogP contribution is 2.28. The first-order valence-corrected chi connectivity index (χ1v) is 12.5. The number of carbonyl (C=O) groups excluding carboxylic acids is 2. The van der Waals surface area contributed by atoms with Gasteiger partial charge < -0.3 is 13.9 Å². The molecule has 2 aromatic rings. The number of ether oxygens (including phenoxy) is 2. The maximum atomic E-state index is 12.9. The van der Waals surface area contributed by atoms with Gasteiger partial charge in [-0.15, -0.1) is 0 Å². The van der Waals surface area contributed by atoms with Crippen molar-refractivity contribution in [1.82, 2.24) is 0 Å². The Morgan fingerprint density at radius 3 is 1.58 bits per heavy atom. The summed E-state index contributed by atoms with van der Waals surface area (Å²) in [5.41, 5.74) is -0.172. The Balaban J connectivity index is 2.50. The van der Waals surface area contributed by atoms with Crippen molar-refractivity contribution in [2.75, 3.05) is 13.2 Å². The molecular weight excluding hydrogens is 408 g/mol. The average Bonchev–Trinajstić information content (AvgIpc) is 2.72. The molecule has 0 saturated heterocycles. The summed E-state index contributed by atoms with van der Waals surface area (Å²) < 4.78 is 17.2. The van der Waals surface area contributed by atoms with E-state index in [1.54, 1.807) is 13.8 Å². The van der Waals surface area contributed by atoms with Gasteiger partial charge in [0.15, 0.2) is 5.92 Å². The van der Waals surface area contributed by atoms with E-state index in [-0.39, 0.29) is 18.6 Å². The average molecular weight is 443 g/mol. The zero-order valence-corrected chi connectivity index (χ0v) is 20.3. The van der Waals surface area contributed by atoms with E-state index in [2.05, 4.69) is 20.8 Å². The van der Waals surface area contributed by atoms with Crippen molar-refractivity contribution in [2.24, 2.45) is 11.3 Å². The molecule has 2 rings (SSSR count). The van der Waals surface area contributed by atoms with Crippen LogP contribution in [0.3, 0.4) is 0 Å². The highest BCUT2D eigenvalue weighted by molar-refractivity contribution is 6.80. The minimum atomic E-state index is -2.19. The van der Waals surface area contributed by atoms with E-state index in [0.29, 0.717) is 6.42 Å². The van der Waals surface area contributed by atoms with Crippen molar-refractivity contribution in [3.63, 3.8) is 0 Å². The Labute approximate surface area is 187 Å². The zero-order valence-electron chi connectivity index (χ0n) is 19.2. The quantitative estimate of drug-likeness (QED) is 0.321. The van der Waals surface area contributed by atoms with E-state index >= 15 is 0 Å². The first-order chi connectivity index (χ1) is 14.8. The molecule has 0 aliphatic heterocycles. The Morgan fingerprint density at radius 2 is 1.23 bits per heavy atom. The molecule has 0 bridgehead atoms. The highest BCUT2D eigenvalue weighted by atomic mass is 28.3. The number of esters is 2. The summed E-state index contributed by atoms with van der Waals surface area (Å²) >= 11 is 0. The van der Waals surface area contributed by atoms with Crippen molar-refractivity contribution in [1.29, 1.82) is 0 Å². The lowest BCUT2D eigenvalue weighted by molar-refractivity contribution is -0.167. The van der Waals surface area contributed by atoms with Gasteiger partial charge in [-0.25, -0.2) is 0 Å². The van der Waals surface area contributed by atoms with Crippen LogP contribution in [-0.2, 0) is 23.5 Å². The topological polar surface area (TPSA) is 61.8 Å². The molecule has 1 unspecified atom stereocenters. The molecule has 1 atom stereocenters. The lowest BCUT2D eigenvalue weighted by Crippen LogP contribution is -2.51. The summed E-state index contributed by atoms with van der Waals surface area (Å²) in [6, 6.07) is 20.0. The summed E-state index contributed by atoms with van der Waals surface area (Å²) in [7, 11) is -2.19. The number of hydrogen-bond donors (Lipinski definition) is 0. The summed E-state index contributed by atoms with van der Waals surface area (Å²) in [5.74, 6) is -2.31. The second kappa shape index (κ2) is 11.8. The molecule has 0 N–H and O–H groups in total. The normalized spacial score (nSPS) is 12.6. The van der Waals surface area contributed by atoms with Crippen molar-refractivity contribution in [3.8, 4) is 0 Å². The third-order valence-electron chi connectivity index (χ3n) is 4.78.